The number of rotatable bonds is 6. The Morgan fingerprint density at radius 1 is 1.16 bits per heavy atom. The molecule has 2 heterocycles. The molecule has 0 fully saturated rings. The fourth-order valence-corrected chi connectivity index (χ4v) is 3.52. The van der Waals surface area contributed by atoms with E-state index in [1.165, 1.54) is 26.0 Å². The average Bonchev–Trinajstić information content (AvgIpc) is 2.95. The topological polar surface area (TPSA) is 84.7 Å². The number of fused-ring (bicyclic) bond motifs is 1. The lowest BCUT2D eigenvalue weighted by Crippen LogP contribution is -2.29. The van der Waals surface area contributed by atoms with Gasteiger partial charge in [-0.15, -0.1) is 0 Å². The van der Waals surface area contributed by atoms with Gasteiger partial charge < -0.3 is 19.8 Å². The van der Waals surface area contributed by atoms with Crippen LogP contribution in [0.15, 0.2) is 24.4 Å². The quantitative estimate of drug-likeness (QED) is 0.577. The third-order valence-corrected chi connectivity index (χ3v) is 5.29. The number of imidazole rings is 1. The number of ether oxygens (including phenoxy) is 1. The monoisotopic (exact) mass is 426 g/mol. The number of pyridine rings is 1. The number of benzene rings is 1. The molecule has 3 aromatic rings. The van der Waals surface area contributed by atoms with Gasteiger partial charge in [-0.2, -0.15) is 0 Å². The van der Waals surface area contributed by atoms with Crippen molar-refractivity contribution in [2.24, 2.45) is 0 Å². The largest absolute Gasteiger partial charge is 0.453 e. The Balaban J connectivity index is 1.94. The zero-order valence-electron chi connectivity index (χ0n) is 18.6. The summed E-state index contributed by atoms with van der Waals surface area (Å²) >= 11 is 0. The molecule has 0 saturated heterocycles. The van der Waals surface area contributed by atoms with E-state index in [-0.39, 0.29) is 5.82 Å². The van der Waals surface area contributed by atoms with Crippen molar-refractivity contribution in [2.75, 3.05) is 10.6 Å². The van der Waals surface area contributed by atoms with Crippen molar-refractivity contribution in [3.63, 3.8) is 0 Å². The molecular formula is C23H27FN4O3. The molecule has 0 aliphatic rings. The van der Waals surface area contributed by atoms with Crippen molar-refractivity contribution in [3.05, 3.63) is 58.3 Å². The molecule has 7 nitrogen and oxygen atoms in total. The number of carbonyl (C=O) groups is 2. The standard InChI is InChI=1S/C23H27FN4O3/c1-12-7-18(24)8-13(2)20(12)10-25-21-9-19(27-23(30)16(5)31-17(6)29)11-28-15(4)14(3)26-22(21)28/h7-9,11,16,25H,10H2,1-6H3,(H,27,30)/t16-/m0/s1. The number of aromatic nitrogens is 2. The highest BCUT2D eigenvalue weighted by Crippen LogP contribution is 2.26. The minimum absolute atomic E-state index is 0.257. The van der Waals surface area contributed by atoms with Crippen LogP contribution in [-0.4, -0.2) is 27.4 Å². The molecule has 0 aliphatic carbocycles. The van der Waals surface area contributed by atoms with E-state index in [9.17, 15) is 14.0 Å². The molecule has 31 heavy (non-hydrogen) atoms. The lowest BCUT2D eigenvalue weighted by atomic mass is 10.0. The summed E-state index contributed by atoms with van der Waals surface area (Å²) in [4.78, 5) is 28.2. The third kappa shape index (κ3) is 4.84. The van der Waals surface area contributed by atoms with E-state index in [4.69, 9.17) is 4.74 Å². The molecule has 2 N–H and O–H groups in total. The van der Waals surface area contributed by atoms with E-state index in [1.807, 2.05) is 32.1 Å². The van der Waals surface area contributed by atoms with Gasteiger partial charge in [-0.3, -0.25) is 9.59 Å². The van der Waals surface area contributed by atoms with Gasteiger partial charge in [0.05, 0.1) is 17.1 Å². The van der Waals surface area contributed by atoms with Crippen molar-refractivity contribution < 1.29 is 18.7 Å². The summed E-state index contributed by atoms with van der Waals surface area (Å²) < 4.78 is 20.5. The van der Waals surface area contributed by atoms with E-state index in [1.54, 1.807) is 12.3 Å². The van der Waals surface area contributed by atoms with Crippen LogP contribution in [0.3, 0.4) is 0 Å². The first-order valence-corrected chi connectivity index (χ1v) is 10.0. The predicted molar refractivity (Wildman–Crippen MR) is 118 cm³/mol. The summed E-state index contributed by atoms with van der Waals surface area (Å²) in [5.74, 6) is -1.21. The Bertz CT molecular complexity index is 1150. The van der Waals surface area contributed by atoms with Gasteiger partial charge >= 0.3 is 5.97 Å². The number of hydrogen-bond acceptors (Lipinski definition) is 5. The molecule has 2 aromatic heterocycles. The van der Waals surface area contributed by atoms with Gasteiger partial charge in [0.1, 0.15) is 5.82 Å². The lowest BCUT2D eigenvalue weighted by molar-refractivity contribution is -0.150. The highest BCUT2D eigenvalue weighted by Gasteiger charge is 2.18. The molecule has 0 saturated carbocycles. The van der Waals surface area contributed by atoms with Crippen LogP contribution >= 0.6 is 0 Å². The van der Waals surface area contributed by atoms with Crippen LogP contribution in [0.25, 0.3) is 5.65 Å². The number of amides is 1. The number of nitrogens with zero attached hydrogens (tertiary/aromatic N) is 2. The van der Waals surface area contributed by atoms with Crippen LogP contribution in [0.5, 0.6) is 0 Å². The maximum atomic E-state index is 13.6. The normalized spacial score (nSPS) is 12.0. The van der Waals surface area contributed by atoms with Gasteiger partial charge in [0.25, 0.3) is 5.91 Å². The molecular weight excluding hydrogens is 399 g/mol. The van der Waals surface area contributed by atoms with Gasteiger partial charge in [-0.05, 0) is 69.5 Å². The summed E-state index contributed by atoms with van der Waals surface area (Å²) in [5.41, 5.74) is 6.50. The van der Waals surface area contributed by atoms with Crippen molar-refractivity contribution in [1.82, 2.24) is 9.38 Å². The summed E-state index contributed by atoms with van der Waals surface area (Å²) in [6, 6.07) is 4.81. The second-order valence-electron chi connectivity index (χ2n) is 7.73. The fraction of sp³-hybridized carbons (Fsp3) is 0.348. The van der Waals surface area contributed by atoms with Crippen molar-refractivity contribution in [3.8, 4) is 0 Å². The van der Waals surface area contributed by atoms with Crippen LogP contribution in [0, 0.1) is 33.5 Å². The van der Waals surface area contributed by atoms with Crippen molar-refractivity contribution in [1.29, 1.82) is 0 Å². The van der Waals surface area contributed by atoms with Crippen molar-refractivity contribution >= 4 is 28.9 Å². The minimum atomic E-state index is -0.917. The first-order chi connectivity index (χ1) is 14.6. The fourth-order valence-electron chi connectivity index (χ4n) is 3.52. The molecule has 3 rings (SSSR count). The summed E-state index contributed by atoms with van der Waals surface area (Å²) in [6.07, 6.45) is 0.863. The van der Waals surface area contributed by atoms with E-state index >= 15 is 0 Å². The summed E-state index contributed by atoms with van der Waals surface area (Å²) in [6.45, 7) is 10.9. The number of aryl methyl sites for hydroxylation is 4. The number of esters is 1. The molecule has 0 unspecified atom stereocenters. The predicted octanol–water partition coefficient (Wildman–Crippen LogP) is 4.21. The van der Waals surface area contributed by atoms with Crippen LogP contribution in [0.2, 0.25) is 0 Å². The Hall–Kier alpha value is -3.42. The van der Waals surface area contributed by atoms with Gasteiger partial charge in [0.2, 0.25) is 0 Å². The van der Waals surface area contributed by atoms with Gasteiger partial charge in [-0.1, -0.05) is 0 Å². The maximum absolute atomic E-state index is 13.6. The summed E-state index contributed by atoms with van der Waals surface area (Å²) in [7, 11) is 0. The Labute approximate surface area is 180 Å². The maximum Gasteiger partial charge on any atom is 0.303 e. The van der Waals surface area contributed by atoms with E-state index in [0.717, 1.165) is 39.4 Å². The Morgan fingerprint density at radius 2 is 1.81 bits per heavy atom. The third-order valence-electron chi connectivity index (χ3n) is 5.29. The second-order valence-corrected chi connectivity index (χ2v) is 7.73. The Morgan fingerprint density at radius 3 is 2.42 bits per heavy atom. The molecule has 0 spiro atoms. The first kappa shape index (κ1) is 22.3. The van der Waals surface area contributed by atoms with E-state index in [2.05, 4.69) is 15.6 Å². The molecule has 1 amide bonds. The highest BCUT2D eigenvalue weighted by molar-refractivity contribution is 5.95. The molecule has 0 bridgehead atoms. The lowest BCUT2D eigenvalue weighted by Gasteiger charge is -2.16. The SMILES string of the molecule is CC(=O)O[C@@H](C)C(=O)Nc1cc(NCc2c(C)cc(F)cc2C)c2nc(C)c(C)n2c1. The number of anilines is 2. The van der Waals surface area contributed by atoms with Gasteiger partial charge in [0, 0.05) is 25.4 Å². The van der Waals surface area contributed by atoms with Gasteiger partial charge in [-0.25, -0.2) is 9.37 Å². The zero-order chi connectivity index (χ0) is 22.9. The molecule has 1 atom stereocenters. The number of carbonyl (C=O) groups excluding carboxylic acids is 2. The molecule has 164 valence electrons. The minimum Gasteiger partial charge on any atom is -0.453 e. The first-order valence-electron chi connectivity index (χ1n) is 10.0. The zero-order valence-corrected chi connectivity index (χ0v) is 18.6. The van der Waals surface area contributed by atoms with Crippen LogP contribution in [-0.2, 0) is 20.9 Å². The van der Waals surface area contributed by atoms with E-state index in [0.29, 0.717) is 12.2 Å². The summed E-state index contributed by atoms with van der Waals surface area (Å²) in [5, 5.41) is 6.17. The second kappa shape index (κ2) is 8.75. The van der Waals surface area contributed by atoms with Crippen molar-refractivity contribution in [2.45, 2.75) is 54.2 Å². The van der Waals surface area contributed by atoms with Crippen LogP contribution in [0.1, 0.15) is 41.9 Å². The number of halogens is 1. The molecule has 8 heteroatoms. The molecule has 0 aliphatic heterocycles. The van der Waals surface area contributed by atoms with E-state index < -0.39 is 18.0 Å². The molecule has 1 aromatic carbocycles. The molecule has 0 radical (unpaired) electrons. The highest BCUT2D eigenvalue weighted by atomic mass is 19.1. The number of hydrogen-bond donors (Lipinski definition) is 2. The van der Waals surface area contributed by atoms with Gasteiger partial charge in [0.15, 0.2) is 11.8 Å². The Kier molecular flexibility index (Phi) is 6.29. The number of nitrogens with one attached hydrogen (secondary N) is 2. The van der Waals surface area contributed by atoms with Crippen LogP contribution < -0.4 is 10.6 Å². The van der Waals surface area contributed by atoms with Crippen LogP contribution in [0.4, 0.5) is 15.8 Å². The average molecular weight is 426 g/mol. The smallest absolute Gasteiger partial charge is 0.303 e.